The number of cyclic esters (lactones) is 1. The standard InChI is InChI=1S/C5H7O2Si/c6-5-2-1-4(3-8)7-5/h4H,1-3H2. The molecule has 0 bridgehead atoms. The highest BCUT2D eigenvalue weighted by Gasteiger charge is 2.20. The maximum Gasteiger partial charge on any atom is 0.306 e. The molecule has 3 heteroatoms. The second-order valence-electron chi connectivity index (χ2n) is 1.85. The molecule has 0 saturated carbocycles. The molecule has 8 heavy (non-hydrogen) atoms. The fourth-order valence-electron chi connectivity index (χ4n) is 0.726. The Labute approximate surface area is 51.6 Å². The van der Waals surface area contributed by atoms with Crippen molar-refractivity contribution >= 4 is 16.2 Å². The lowest BCUT2D eigenvalue weighted by Gasteiger charge is -2.01. The lowest BCUT2D eigenvalue weighted by atomic mass is 10.3. The molecule has 0 aromatic heterocycles. The van der Waals surface area contributed by atoms with Gasteiger partial charge in [-0.25, -0.2) is 0 Å². The van der Waals surface area contributed by atoms with Crippen LogP contribution >= 0.6 is 0 Å². The van der Waals surface area contributed by atoms with Gasteiger partial charge in [-0.05, 0) is 12.5 Å². The molecule has 1 fully saturated rings. The second kappa shape index (κ2) is 2.30. The third kappa shape index (κ3) is 1.09. The van der Waals surface area contributed by atoms with Gasteiger partial charge < -0.3 is 4.74 Å². The third-order valence-corrected chi connectivity index (χ3v) is 1.65. The van der Waals surface area contributed by atoms with Crippen molar-refractivity contribution in [3.8, 4) is 0 Å². The quantitative estimate of drug-likeness (QED) is 0.373. The molecule has 43 valence electrons. The molecule has 0 aliphatic carbocycles. The summed E-state index contributed by atoms with van der Waals surface area (Å²) >= 11 is 0. The van der Waals surface area contributed by atoms with Gasteiger partial charge in [0.2, 0.25) is 0 Å². The van der Waals surface area contributed by atoms with Gasteiger partial charge >= 0.3 is 5.97 Å². The van der Waals surface area contributed by atoms with Crippen molar-refractivity contribution in [2.24, 2.45) is 0 Å². The summed E-state index contributed by atoms with van der Waals surface area (Å²) in [5.74, 6) is -0.0618. The summed E-state index contributed by atoms with van der Waals surface area (Å²) in [6.45, 7) is 0. The molecule has 1 heterocycles. The summed E-state index contributed by atoms with van der Waals surface area (Å²) in [6.07, 6.45) is 1.61. The average molecular weight is 127 g/mol. The Hall–Kier alpha value is -0.313. The van der Waals surface area contributed by atoms with Crippen molar-refractivity contribution in [2.45, 2.75) is 25.0 Å². The molecule has 2 nitrogen and oxygen atoms in total. The summed E-state index contributed by atoms with van der Waals surface area (Å²) in [5.41, 5.74) is 0. The SMILES string of the molecule is O=C1CCC(C[Si])O1. The molecular formula is C5H7O2Si. The Morgan fingerprint density at radius 3 is 2.88 bits per heavy atom. The lowest BCUT2D eigenvalue weighted by molar-refractivity contribution is -0.140. The first-order chi connectivity index (χ1) is 3.83. The monoisotopic (exact) mass is 127 g/mol. The Balaban J connectivity index is 2.32. The molecule has 1 unspecified atom stereocenters. The summed E-state index contributed by atoms with van der Waals surface area (Å²) in [5, 5.41) is 0. The first-order valence-corrected chi connectivity index (χ1v) is 3.37. The Morgan fingerprint density at radius 1 is 1.88 bits per heavy atom. The third-order valence-electron chi connectivity index (χ3n) is 1.20. The van der Waals surface area contributed by atoms with Gasteiger partial charge in [-0.15, -0.1) is 0 Å². The molecule has 0 aromatic carbocycles. The van der Waals surface area contributed by atoms with Crippen LogP contribution in [-0.4, -0.2) is 22.3 Å². The number of carbonyl (C=O) groups is 1. The van der Waals surface area contributed by atoms with E-state index in [0.29, 0.717) is 6.42 Å². The molecule has 1 rings (SSSR count). The highest BCUT2D eigenvalue weighted by atomic mass is 28.1. The van der Waals surface area contributed by atoms with Crippen LogP contribution in [0.15, 0.2) is 0 Å². The smallest absolute Gasteiger partial charge is 0.306 e. The molecule has 0 N–H and O–H groups in total. The van der Waals surface area contributed by atoms with E-state index in [-0.39, 0.29) is 12.1 Å². The number of ether oxygens (including phenoxy) is 1. The van der Waals surface area contributed by atoms with E-state index in [1.165, 1.54) is 0 Å². The average Bonchev–Trinajstić information content (AvgIpc) is 2.14. The van der Waals surface area contributed by atoms with Crippen LogP contribution in [-0.2, 0) is 9.53 Å². The molecular weight excluding hydrogens is 120 g/mol. The van der Waals surface area contributed by atoms with Crippen LogP contribution in [0.5, 0.6) is 0 Å². The molecule has 0 spiro atoms. The molecule has 3 radical (unpaired) electrons. The van der Waals surface area contributed by atoms with Gasteiger partial charge in [0, 0.05) is 16.7 Å². The maximum atomic E-state index is 10.4. The zero-order valence-corrected chi connectivity index (χ0v) is 5.52. The first-order valence-electron chi connectivity index (χ1n) is 2.67. The molecule has 1 saturated heterocycles. The van der Waals surface area contributed by atoms with E-state index in [9.17, 15) is 4.79 Å². The number of esters is 1. The van der Waals surface area contributed by atoms with Crippen molar-refractivity contribution in [3.05, 3.63) is 0 Å². The van der Waals surface area contributed by atoms with Crippen LogP contribution in [0.4, 0.5) is 0 Å². The zero-order valence-electron chi connectivity index (χ0n) is 4.52. The van der Waals surface area contributed by atoms with Crippen LogP contribution in [0.1, 0.15) is 12.8 Å². The summed E-state index contributed by atoms with van der Waals surface area (Å²) in [7, 11) is 3.27. The second-order valence-corrected chi connectivity index (χ2v) is 2.26. The van der Waals surface area contributed by atoms with Gasteiger partial charge in [-0.1, -0.05) is 0 Å². The zero-order chi connectivity index (χ0) is 5.98. The predicted octanol–water partition coefficient (Wildman–Crippen LogP) is 0.279. The topological polar surface area (TPSA) is 26.3 Å². The molecule has 1 aliphatic rings. The Kier molecular flexibility index (Phi) is 1.68. The van der Waals surface area contributed by atoms with Crippen molar-refractivity contribution < 1.29 is 9.53 Å². The van der Waals surface area contributed by atoms with Crippen LogP contribution < -0.4 is 0 Å². The number of carbonyl (C=O) groups excluding carboxylic acids is 1. The van der Waals surface area contributed by atoms with Crippen molar-refractivity contribution in [1.29, 1.82) is 0 Å². The van der Waals surface area contributed by atoms with Crippen molar-refractivity contribution in [3.63, 3.8) is 0 Å². The van der Waals surface area contributed by atoms with E-state index >= 15 is 0 Å². The van der Waals surface area contributed by atoms with E-state index in [0.717, 1.165) is 12.5 Å². The molecule has 1 aliphatic heterocycles. The molecule has 0 amide bonds. The van der Waals surface area contributed by atoms with Crippen LogP contribution in [0.2, 0.25) is 6.04 Å². The maximum absolute atomic E-state index is 10.4. The van der Waals surface area contributed by atoms with E-state index in [1.54, 1.807) is 0 Å². The highest BCUT2D eigenvalue weighted by Crippen LogP contribution is 2.15. The largest absolute Gasteiger partial charge is 0.463 e. The molecule has 1 atom stereocenters. The minimum Gasteiger partial charge on any atom is -0.463 e. The number of hydrogen-bond acceptors (Lipinski definition) is 2. The number of rotatable bonds is 1. The summed E-state index contributed by atoms with van der Waals surface area (Å²) < 4.78 is 4.82. The number of hydrogen-bond donors (Lipinski definition) is 0. The minimum atomic E-state index is -0.0618. The Bertz CT molecular complexity index is 103. The van der Waals surface area contributed by atoms with Gasteiger partial charge in [0.05, 0.1) is 6.10 Å². The predicted molar refractivity (Wildman–Crippen MR) is 29.7 cm³/mol. The minimum absolute atomic E-state index is 0.0618. The van der Waals surface area contributed by atoms with Crippen LogP contribution in [0.25, 0.3) is 0 Å². The van der Waals surface area contributed by atoms with Crippen molar-refractivity contribution in [2.75, 3.05) is 0 Å². The highest BCUT2D eigenvalue weighted by molar-refractivity contribution is 6.09. The Morgan fingerprint density at radius 2 is 2.62 bits per heavy atom. The van der Waals surface area contributed by atoms with Crippen molar-refractivity contribution in [1.82, 2.24) is 0 Å². The van der Waals surface area contributed by atoms with Gasteiger partial charge in [-0.2, -0.15) is 0 Å². The lowest BCUT2D eigenvalue weighted by Crippen LogP contribution is -2.04. The van der Waals surface area contributed by atoms with E-state index in [1.807, 2.05) is 0 Å². The molecule has 0 aromatic rings. The normalized spacial score (nSPS) is 28.1. The van der Waals surface area contributed by atoms with Gasteiger partial charge in [-0.3, -0.25) is 4.79 Å². The van der Waals surface area contributed by atoms with Gasteiger partial charge in [0.1, 0.15) is 0 Å². The van der Waals surface area contributed by atoms with Crippen LogP contribution in [0.3, 0.4) is 0 Å². The van der Waals surface area contributed by atoms with E-state index in [4.69, 9.17) is 4.74 Å². The van der Waals surface area contributed by atoms with Crippen LogP contribution in [0, 0.1) is 0 Å². The van der Waals surface area contributed by atoms with Gasteiger partial charge in [0.15, 0.2) is 0 Å². The summed E-state index contributed by atoms with van der Waals surface area (Å²) in [6, 6.07) is 0.770. The van der Waals surface area contributed by atoms with E-state index in [2.05, 4.69) is 10.2 Å². The summed E-state index contributed by atoms with van der Waals surface area (Å²) in [4.78, 5) is 10.4. The van der Waals surface area contributed by atoms with E-state index < -0.39 is 0 Å². The fourth-order valence-corrected chi connectivity index (χ4v) is 1.01. The first kappa shape index (κ1) is 5.82. The fraction of sp³-hybridized carbons (Fsp3) is 0.800. The van der Waals surface area contributed by atoms with Gasteiger partial charge in [0.25, 0.3) is 0 Å².